The van der Waals surface area contributed by atoms with Crippen LogP contribution in [0.1, 0.15) is 6.92 Å². The Labute approximate surface area is 85.0 Å². The quantitative estimate of drug-likeness (QED) is 0.823. The van der Waals surface area contributed by atoms with Crippen LogP contribution in [0.25, 0.3) is 0 Å². The van der Waals surface area contributed by atoms with Crippen molar-refractivity contribution in [3.8, 4) is 5.88 Å². The van der Waals surface area contributed by atoms with E-state index in [1.165, 1.54) is 0 Å². The molecule has 5 heteroatoms. The Morgan fingerprint density at radius 3 is 3.15 bits per heavy atom. The van der Waals surface area contributed by atoms with Crippen molar-refractivity contribution in [2.75, 3.05) is 12.3 Å². The van der Waals surface area contributed by atoms with Gasteiger partial charge >= 0.3 is 0 Å². The summed E-state index contributed by atoms with van der Waals surface area (Å²) in [5.41, 5.74) is 5.39. The van der Waals surface area contributed by atoms with Crippen LogP contribution in [-0.4, -0.2) is 16.6 Å². The highest BCUT2D eigenvalue weighted by Crippen LogP contribution is 2.21. The van der Waals surface area contributed by atoms with Gasteiger partial charge in [-0.05, 0) is 22.9 Å². The molecule has 13 heavy (non-hydrogen) atoms. The van der Waals surface area contributed by atoms with Gasteiger partial charge < -0.3 is 10.5 Å². The zero-order valence-electron chi connectivity index (χ0n) is 7.20. The molecule has 1 aromatic rings. The van der Waals surface area contributed by atoms with Crippen molar-refractivity contribution >= 4 is 21.9 Å². The highest BCUT2D eigenvalue weighted by molar-refractivity contribution is 9.10. The van der Waals surface area contributed by atoms with Crippen molar-refractivity contribution in [3.05, 3.63) is 22.8 Å². The maximum atomic E-state index is 5.39. The van der Waals surface area contributed by atoms with Crippen molar-refractivity contribution in [1.29, 1.82) is 0 Å². The van der Waals surface area contributed by atoms with E-state index in [-0.39, 0.29) is 5.95 Å². The number of halogens is 1. The van der Waals surface area contributed by atoms with Crippen molar-refractivity contribution in [1.82, 2.24) is 9.97 Å². The summed E-state index contributed by atoms with van der Waals surface area (Å²) in [7, 11) is 0. The predicted molar refractivity (Wildman–Crippen MR) is 54.5 cm³/mol. The summed E-state index contributed by atoms with van der Waals surface area (Å²) in [4.78, 5) is 7.70. The van der Waals surface area contributed by atoms with E-state index in [9.17, 15) is 0 Å². The van der Waals surface area contributed by atoms with E-state index in [0.717, 1.165) is 0 Å². The average molecular weight is 244 g/mol. The van der Waals surface area contributed by atoms with Gasteiger partial charge in [-0.1, -0.05) is 12.2 Å². The smallest absolute Gasteiger partial charge is 0.233 e. The second-order valence-corrected chi connectivity index (χ2v) is 3.12. The number of nitrogen functional groups attached to an aromatic ring is 1. The molecular weight excluding hydrogens is 234 g/mol. The Kier molecular flexibility index (Phi) is 3.70. The second-order valence-electron chi connectivity index (χ2n) is 2.26. The first-order valence-corrected chi connectivity index (χ1v) is 4.55. The number of anilines is 1. The lowest BCUT2D eigenvalue weighted by Gasteiger charge is -2.03. The largest absolute Gasteiger partial charge is 0.473 e. The monoisotopic (exact) mass is 243 g/mol. The van der Waals surface area contributed by atoms with Crippen LogP contribution in [0.15, 0.2) is 22.8 Å². The molecule has 0 spiro atoms. The van der Waals surface area contributed by atoms with Gasteiger partial charge in [-0.3, -0.25) is 0 Å². The summed E-state index contributed by atoms with van der Waals surface area (Å²) in [5, 5.41) is 0. The zero-order valence-corrected chi connectivity index (χ0v) is 8.78. The number of nitrogens with two attached hydrogens (primary N) is 1. The van der Waals surface area contributed by atoms with Crippen LogP contribution in [0.5, 0.6) is 5.88 Å². The Morgan fingerprint density at radius 2 is 2.46 bits per heavy atom. The van der Waals surface area contributed by atoms with Gasteiger partial charge in [-0.25, -0.2) is 4.98 Å². The predicted octanol–water partition coefficient (Wildman–Crippen LogP) is 1.78. The molecular formula is C8H10BrN3O. The first-order valence-electron chi connectivity index (χ1n) is 3.76. The van der Waals surface area contributed by atoms with Gasteiger partial charge in [0.2, 0.25) is 11.8 Å². The summed E-state index contributed by atoms with van der Waals surface area (Å²) >= 11 is 3.25. The maximum absolute atomic E-state index is 5.39. The lowest BCUT2D eigenvalue weighted by molar-refractivity contribution is 0.345. The van der Waals surface area contributed by atoms with Crippen LogP contribution < -0.4 is 10.5 Å². The Balaban J connectivity index is 2.69. The fourth-order valence-corrected chi connectivity index (χ4v) is 0.994. The number of allylic oxidation sites excluding steroid dienone is 1. The van der Waals surface area contributed by atoms with E-state index < -0.39 is 0 Å². The molecule has 0 fully saturated rings. The summed E-state index contributed by atoms with van der Waals surface area (Å²) in [6, 6.07) is 0. The van der Waals surface area contributed by atoms with Gasteiger partial charge in [0.25, 0.3) is 0 Å². The number of rotatable bonds is 3. The van der Waals surface area contributed by atoms with Crippen LogP contribution in [-0.2, 0) is 0 Å². The number of nitrogens with zero attached hydrogens (tertiary/aromatic N) is 2. The molecule has 0 bridgehead atoms. The van der Waals surface area contributed by atoms with E-state index >= 15 is 0 Å². The highest BCUT2D eigenvalue weighted by Gasteiger charge is 2.02. The van der Waals surface area contributed by atoms with Gasteiger partial charge in [0.1, 0.15) is 6.61 Å². The molecule has 0 saturated heterocycles. The van der Waals surface area contributed by atoms with Crippen LogP contribution in [0.4, 0.5) is 5.95 Å². The molecule has 0 unspecified atom stereocenters. The molecule has 1 heterocycles. The third-order valence-corrected chi connectivity index (χ3v) is 1.83. The Morgan fingerprint density at radius 1 is 1.69 bits per heavy atom. The highest BCUT2D eigenvalue weighted by atomic mass is 79.9. The molecule has 1 aromatic heterocycles. The van der Waals surface area contributed by atoms with Crippen LogP contribution in [0, 0.1) is 0 Å². The Hall–Kier alpha value is -1.10. The third kappa shape index (κ3) is 3.02. The zero-order chi connectivity index (χ0) is 9.68. The van der Waals surface area contributed by atoms with Crippen molar-refractivity contribution in [2.24, 2.45) is 0 Å². The van der Waals surface area contributed by atoms with E-state index in [2.05, 4.69) is 25.9 Å². The topological polar surface area (TPSA) is 61.0 Å². The molecule has 1 rings (SSSR count). The molecule has 0 saturated carbocycles. The van der Waals surface area contributed by atoms with E-state index in [0.29, 0.717) is 17.0 Å². The minimum atomic E-state index is 0.207. The van der Waals surface area contributed by atoms with Gasteiger partial charge in [0.15, 0.2) is 0 Å². The molecule has 70 valence electrons. The average Bonchev–Trinajstić information content (AvgIpc) is 2.11. The molecule has 0 radical (unpaired) electrons. The minimum Gasteiger partial charge on any atom is -0.473 e. The van der Waals surface area contributed by atoms with Crippen molar-refractivity contribution in [2.45, 2.75) is 6.92 Å². The number of hydrogen-bond donors (Lipinski definition) is 1. The van der Waals surface area contributed by atoms with Gasteiger partial charge in [-0.15, -0.1) is 0 Å². The first kappa shape index (κ1) is 9.98. The van der Waals surface area contributed by atoms with Crippen LogP contribution in [0.3, 0.4) is 0 Å². The summed E-state index contributed by atoms with van der Waals surface area (Å²) < 4.78 is 5.99. The molecule has 0 aliphatic heterocycles. The number of ether oxygens (including phenoxy) is 1. The summed E-state index contributed by atoms with van der Waals surface area (Å²) in [6.45, 7) is 2.40. The number of hydrogen-bond acceptors (Lipinski definition) is 4. The molecule has 2 N–H and O–H groups in total. The van der Waals surface area contributed by atoms with E-state index in [1.54, 1.807) is 6.20 Å². The maximum Gasteiger partial charge on any atom is 0.233 e. The molecule has 0 atom stereocenters. The second kappa shape index (κ2) is 4.81. The van der Waals surface area contributed by atoms with Crippen LogP contribution in [0.2, 0.25) is 0 Å². The molecule has 0 aromatic carbocycles. The van der Waals surface area contributed by atoms with Gasteiger partial charge in [0.05, 0.1) is 10.7 Å². The lowest BCUT2D eigenvalue weighted by Crippen LogP contribution is -2.01. The van der Waals surface area contributed by atoms with Gasteiger partial charge in [0, 0.05) is 0 Å². The van der Waals surface area contributed by atoms with Crippen molar-refractivity contribution in [3.63, 3.8) is 0 Å². The number of aromatic nitrogens is 2. The molecule has 0 aliphatic carbocycles. The molecule has 0 amide bonds. The first-order chi connectivity index (χ1) is 6.24. The lowest BCUT2D eigenvalue weighted by atomic mass is 10.5. The fourth-order valence-electron chi connectivity index (χ4n) is 0.689. The normalized spacial score (nSPS) is 10.6. The Bertz CT molecular complexity index is 314. The summed E-state index contributed by atoms with van der Waals surface area (Å²) in [6.07, 6.45) is 5.34. The molecule has 0 aliphatic rings. The fraction of sp³-hybridized carbons (Fsp3) is 0.250. The summed E-state index contributed by atoms with van der Waals surface area (Å²) in [5.74, 6) is 0.671. The third-order valence-electron chi connectivity index (χ3n) is 1.28. The molecule has 4 nitrogen and oxygen atoms in total. The van der Waals surface area contributed by atoms with Crippen LogP contribution >= 0.6 is 15.9 Å². The van der Waals surface area contributed by atoms with Crippen molar-refractivity contribution < 1.29 is 4.74 Å². The minimum absolute atomic E-state index is 0.207. The van der Waals surface area contributed by atoms with E-state index in [1.807, 2.05) is 19.1 Å². The SMILES string of the molecule is C/C=C/COc1nc(N)ncc1Br. The van der Waals surface area contributed by atoms with E-state index in [4.69, 9.17) is 10.5 Å². The standard InChI is InChI=1S/C8H10BrN3O/c1-2-3-4-13-7-6(9)5-11-8(10)12-7/h2-3,5H,4H2,1H3,(H2,10,11,12)/b3-2+. The van der Waals surface area contributed by atoms with Gasteiger partial charge in [-0.2, -0.15) is 4.98 Å².